The molecule has 108 valence electrons. The lowest BCUT2D eigenvalue weighted by molar-refractivity contribution is 0.288. The van der Waals surface area contributed by atoms with Gasteiger partial charge in [0.25, 0.3) is 10.0 Å². The fourth-order valence-corrected chi connectivity index (χ4v) is 5.53. The summed E-state index contributed by atoms with van der Waals surface area (Å²) in [6, 6.07) is 1.81. The van der Waals surface area contributed by atoms with Gasteiger partial charge in [0, 0.05) is 24.5 Å². The van der Waals surface area contributed by atoms with Gasteiger partial charge in [-0.2, -0.15) is 4.31 Å². The number of thiophene rings is 1. The van der Waals surface area contributed by atoms with Gasteiger partial charge in [-0.15, -0.1) is 11.3 Å². The van der Waals surface area contributed by atoms with Crippen LogP contribution in [0.5, 0.6) is 0 Å². The zero-order valence-corrected chi connectivity index (χ0v) is 13.4. The van der Waals surface area contributed by atoms with Crippen LogP contribution < -0.4 is 5.32 Å². The Hall–Kier alpha value is -0.430. The molecule has 0 atom stereocenters. The standard InChI is InChI=1S/C13H22N2O2S2/c1-10-4-6-15(7-5-10)19(16,17)13-8-11(2)12(18-13)9-14-3/h8,10,14H,4-7,9H2,1-3H3. The molecule has 0 aliphatic carbocycles. The number of nitrogens with zero attached hydrogens (tertiary/aromatic N) is 1. The maximum absolute atomic E-state index is 12.6. The maximum atomic E-state index is 12.6. The topological polar surface area (TPSA) is 49.4 Å². The van der Waals surface area contributed by atoms with Crippen LogP contribution >= 0.6 is 11.3 Å². The van der Waals surface area contributed by atoms with Gasteiger partial charge in [-0.05, 0) is 44.4 Å². The molecule has 1 fully saturated rings. The van der Waals surface area contributed by atoms with E-state index in [0.717, 1.165) is 29.8 Å². The van der Waals surface area contributed by atoms with Gasteiger partial charge in [0.2, 0.25) is 0 Å². The number of piperidine rings is 1. The molecule has 19 heavy (non-hydrogen) atoms. The predicted octanol–water partition coefficient (Wildman–Crippen LogP) is 2.20. The molecule has 1 aromatic heterocycles. The summed E-state index contributed by atoms with van der Waals surface area (Å²) in [5, 5.41) is 3.08. The van der Waals surface area contributed by atoms with E-state index >= 15 is 0 Å². The molecule has 0 saturated carbocycles. The SMILES string of the molecule is CNCc1sc(S(=O)(=O)N2CCC(C)CC2)cc1C. The van der Waals surface area contributed by atoms with E-state index in [4.69, 9.17) is 0 Å². The van der Waals surface area contributed by atoms with Crippen molar-refractivity contribution in [3.05, 3.63) is 16.5 Å². The highest BCUT2D eigenvalue weighted by Gasteiger charge is 2.29. The average Bonchev–Trinajstić information content (AvgIpc) is 2.73. The summed E-state index contributed by atoms with van der Waals surface area (Å²) in [6.07, 6.45) is 1.93. The molecule has 0 spiro atoms. The molecule has 0 amide bonds. The van der Waals surface area contributed by atoms with E-state index < -0.39 is 10.0 Å². The van der Waals surface area contributed by atoms with Crippen LogP contribution in [0.25, 0.3) is 0 Å². The van der Waals surface area contributed by atoms with Crippen molar-refractivity contribution in [3.63, 3.8) is 0 Å². The Morgan fingerprint density at radius 1 is 1.42 bits per heavy atom. The smallest absolute Gasteiger partial charge is 0.252 e. The first kappa shape index (κ1) is 15.0. The highest BCUT2D eigenvalue weighted by atomic mass is 32.2. The number of aryl methyl sites for hydroxylation is 1. The first-order chi connectivity index (χ1) is 8.95. The first-order valence-electron chi connectivity index (χ1n) is 6.69. The second kappa shape index (κ2) is 5.91. The zero-order valence-electron chi connectivity index (χ0n) is 11.8. The normalized spacial score (nSPS) is 18.9. The molecule has 1 saturated heterocycles. The second-order valence-corrected chi connectivity index (χ2v) is 8.59. The van der Waals surface area contributed by atoms with E-state index in [1.807, 2.05) is 20.0 Å². The fourth-order valence-electron chi connectivity index (χ4n) is 2.30. The second-order valence-electron chi connectivity index (χ2n) is 5.29. The molecule has 0 bridgehead atoms. The van der Waals surface area contributed by atoms with Gasteiger partial charge in [0.05, 0.1) is 0 Å². The Bertz CT molecular complexity index is 529. The van der Waals surface area contributed by atoms with E-state index in [1.54, 1.807) is 4.31 Å². The molecular formula is C13H22N2O2S2. The van der Waals surface area contributed by atoms with E-state index in [2.05, 4.69) is 12.2 Å². The van der Waals surface area contributed by atoms with Crippen LogP contribution in [-0.2, 0) is 16.6 Å². The van der Waals surface area contributed by atoms with Crippen LogP contribution in [0, 0.1) is 12.8 Å². The lowest BCUT2D eigenvalue weighted by Crippen LogP contribution is -2.37. The van der Waals surface area contributed by atoms with Crippen LogP contribution in [0.1, 0.15) is 30.2 Å². The summed E-state index contributed by atoms with van der Waals surface area (Å²) >= 11 is 1.39. The number of hydrogen-bond acceptors (Lipinski definition) is 4. The van der Waals surface area contributed by atoms with Crippen molar-refractivity contribution in [2.45, 2.75) is 37.4 Å². The monoisotopic (exact) mass is 302 g/mol. The van der Waals surface area contributed by atoms with Crippen molar-refractivity contribution < 1.29 is 8.42 Å². The van der Waals surface area contributed by atoms with Gasteiger partial charge in [0.1, 0.15) is 4.21 Å². The molecule has 1 aliphatic heterocycles. The van der Waals surface area contributed by atoms with Gasteiger partial charge in [0.15, 0.2) is 0 Å². The molecule has 4 nitrogen and oxygen atoms in total. The Balaban J connectivity index is 2.22. The highest BCUT2D eigenvalue weighted by Crippen LogP contribution is 2.30. The van der Waals surface area contributed by atoms with Crippen molar-refractivity contribution >= 4 is 21.4 Å². The Morgan fingerprint density at radius 2 is 2.05 bits per heavy atom. The highest BCUT2D eigenvalue weighted by molar-refractivity contribution is 7.91. The largest absolute Gasteiger partial charge is 0.315 e. The van der Waals surface area contributed by atoms with Crippen LogP contribution in [0.2, 0.25) is 0 Å². The molecule has 1 aliphatic rings. The summed E-state index contributed by atoms with van der Waals surface area (Å²) in [7, 11) is -1.41. The molecule has 1 N–H and O–H groups in total. The van der Waals surface area contributed by atoms with Crippen molar-refractivity contribution in [2.75, 3.05) is 20.1 Å². The van der Waals surface area contributed by atoms with Crippen LogP contribution in [-0.4, -0.2) is 32.9 Å². The molecule has 0 radical (unpaired) electrons. The van der Waals surface area contributed by atoms with E-state index in [0.29, 0.717) is 23.2 Å². The third kappa shape index (κ3) is 3.18. The van der Waals surface area contributed by atoms with Gasteiger partial charge < -0.3 is 5.32 Å². The number of hydrogen-bond donors (Lipinski definition) is 1. The summed E-state index contributed by atoms with van der Waals surface area (Å²) in [5.74, 6) is 0.636. The van der Waals surface area contributed by atoms with Crippen molar-refractivity contribution in [3.8, 4) is 0 Å². The molecule has 0 aromatic carbocycles. The summed E-state index contributed by atoms with van der Waals surface area (Å²) < 4.78 is 27.3. The number of nitrogens with one attached hydrogen (secondary N) is 1. The lowest BCUT2D eigenvalue weighted by Gasteiger charge is -2.28. The third-order valence-corrected chi connectivity index (χ3v) is 7.26. The fraction of sp³-hybridized carbons (Fsp3) is 0.692. The van der Waals surface area contributed by atoms with E-state index in [-0.39, 0.29) is 0 Å². The van der Waals surface area contributed by atoms with Crippen molar-refractivity contribution in [2.24, 2.45) is 5.92 Å². The first-order valence-corrected chi connectivity index (χ1v) is 8.95. The van der Waals surface area contributed by atoms with Gasteiger partial charge in [-0.3, -0.25) is 0 Å². The quantitative estimate of drug-likeness (QED) is 0.927. The molecule has 0 unspecified atom stereocenters. The molecule has 2 heterocycles. The van der Waals surface area contributed by atoms with Crippen LogP contribution in [0.4, 0.5) is 0 Å². The molecule has 6 heteroatoms. The summed E-state index contributed by atoms with van der Waals surface area (Å²) in [5.41, 5.74) is 1.06. The van der Waals surface area contributed by atoms with Gasteiger partial charge in [-0.25, -0.2) is 8.42 Å². The Labute approximate surface area is 119 Å². The van der Waals surface area contributed by atoms with Gasteiger partial charge >= 0.3 is 0 Å². The zero-order chi connectivity index (χ0) is 14.0. The molecular weight excluding hydrogens is 280 g/mol. The number of sulfonamides is 1. The minimum Gasteiger partial charge on any atom is -0.315 e. The number of rotatable bonds is 4. The van der Waals surface area contributed by atoms with E-state index in [9.17, 15) is 8.42 Å². The van der Waals surface area contributed by atoms with E-state index in [1.165, 1.54) is 11.3 Å². The third-order valence-electron chi connectivity index (χ3n) is 3.67. The molecule has 1 aromatic rings. The molecule has 2 rings (SSSR count). The van der Waals surface area contributed by atoms with Crippen molar-refractivity contribution in [1.82, 2.24) is 9.62 Å². The lowest BCUT2D eigenvalue weighted by atomic mass is 10.0. The van der Waals surface area contributed by atoms with Gasteiger partial charge in [-0.1, -0.05) is 6.92 Å². The van der Waals surface area contributed by atoms with Crippen LogP contribution in [0.15, 0.2) is 10.3 Å². The predicted molar refractivity (Wildman–Crippen MR) is 79.0 cm³/mol. The summed E-state index contributed by atoms with van der Waals surface area (Å²) in [4.78, 5) is 1.10. The van der Waals surface area contributed by atoms with Crippen molar-refractivity contribution in [1.29, 1.82) is 0 Å². The minimum atomic E-state index is -3.28. The minimum absolute atomic E-state index is 0.491. The Kier molecular flexibility index (Phi) is 4.66. The summed E-state index contributed by atoms with van der Waals surface area (Å²) in [6.45, 7) is 6.19. The average molecular weight is 302 g/mol. The maximum Gasteiger partial charge on any atom is 0.252 e. The Morgan fingerprint density at radius 3 is 2.63 bits per heavy atom. The van der Waals surface area contributed by atoms with Crippen LogP contribution in [0.3, 0.4) is 0 Å².